The van der Waals surface area contributed by atoms with Crippen LogP contribution in [0.5, 0.6) is 0 Å². The molecule has 4 nitrogen and oxygen atoms in total. The number of hydrogen-bond donors (Lipinski definition) is 1. The molecule has 2 heterocycles. The first-order valence-corrected chi connectivity index (χ1v) is 7.13. The molecule has 0 radical (unpaired) electrons. The Kier molecular flexibility index (Phi) is 5.31. The summed E-state index contributed by atoms with van der Waals surface area (Å²) in [6.45, 7) is 5.48. The Morgan fingerprint density at radius 2 is 2.32 bits per heavy atom. The first-order valence-electron chi connectivity index (χ1n) is 7.13. The topological polar surface area (TPSA) is 31.4 Å². The molecular formula is C15H26N4. The number of nitrogens with one attached hydrogen (secondary N) is 1. The minimum absolute atomic E-state index is 0.818. The van der Waals surface area contributed by atoms with E-state index in [1.807, 2.05) is 13.2 Å². The second-order valence-electron chi connectivity index (χ2n) is 5.80. The van der Waals surface area contributed by atoms with E-state index in [9.17, 15) is 0 Å². The monoisotopic (exact) mass is 262 g/mol. The van der Waals surface area contributed by atoms with Gasteiger partial charge in [0, 0.05) is 32.4 Å². The van der Waals surface area contributed by atoms with E-state index in [1.165, 1.54) is 31.6 Å². The lowest BCUT2D eigenvalue weighted by Gasteiger charge is -2.20. The molecule has 19 heavy (non-hydrogen) atoms. The van der Waals surface area contributed by atoms with Crippen molar-refractivity contribution in [2.24, 2.45) is 5.92 Å². The summed E-state index contributed by atoms with van der Waals surface area (Å²) >= 11 is 0. The van der Waals surface area contributed by atoms with Crippen LogP contribution in [0.25, 0.3) is 0 Å². The summed E-state index contributed by atoms with van der Waals surface area (Å²) in [5.41, 5.74) is 2.40. The van der Waals surface area contributed by atoms with Gasteiger partial charge in [0.05, 0.1) is 5.69 Å². The molecule has 1 aromatic rings. The van der Waals surface area contributed by atoms with Crippen LogP contribution in [-0.4, -0.2) is 55.6 Å². The number of rotatable bonds is 6. The maximum atomic E-state index is 4.53. The quantitative estimate of drug-likeness (QED) is 0.834. The predicted octanol–water partition coefficient (Wildman–Crippen LogP) is 1.18. The molecule has 4 heteroatoms. The van der Waals surface area contributed by atoms with Crippen molar-refractivity contribution in [1.29, 1.82) is 0 Å². The molecule has 1 unspecified atom stereocenters. The van der Waals surface area contributed by atoms with Crippen molar-refractivity contribution in [3.63, 3.8) is 0 Å². The van der Waals surface area contributed by atoms with Crippen LogP contribution in [0.1, 0.15) is 17.7 Å². The highest BCUT2D eigenvalue weighted by molar-refractivity contribution is 5.13. The number of nitrogens with zero attached hydrogens (tertiary/aromatic N) is 3. The fourth-order valence-electron chi connectivity index (χ4n) is 2.81. The van der Waals surface area contributed by atoms with Gasteiger partial charge in [-0.3, -0.25) is 4.98 Å². The summed E-state index contributed by atoms with van der Waals surface area (Å²) in [6.07, 6.45) is 3.30. The molecule has 1 atom stereocenters. The molecule has 1 aliphatic heterocycles. The largest absolute Gasteiger partial charge is 0.316 e. The lowest BCUT2D eigenvalue weighted by atomic mass is 10.1. The van der Waals surface area contributed by atoms with Crippen LogP contribution in [0.2, 0.25) is 0 Å². The maximum absolute atomic E-state index is 4.53. The van der Waals surface area contributed by atoms with Crippen LogP contribution in [0.4, 0.5) is 0 Å². The Morgan fingerprint density at radius 1 is 1.47 bits per heavy atom. The van der Waals surface area contributed by atoms with Gasteiger partial charge >= 0.3 is 0 Å². The number of pyridine rings is 1. The molecular weight excluding hydrogens is 236 g/mol. The van der Waals surface area contributed by atoms with Crippen LogP contribution in [0, 0.1) is 5.92 Å². The number of aromatic nitrogens is 1. The highest BCUT2D eigenvalue weighted by Gasteiger charge is 2.20. The van der Waals surface area contributed by atoms with E-state index in [-0.39, 0.29) is 0 Å². The molecule has 0 amide bonds. The van der Waals surface area contributed by atoms with Crippen LogP contribution in [-0.2, 0) is 13.1 Å². The van der Waals surface area contributed by atoms with Crippen molar-refractivity contribution in [2.45, 2.75) is 19.5 Å². The summed E-state index contributed by atoms with van der Waals surface area (Å²) in [5, 5.41) is 3.14. The van der Waals surface area contributed by atoms with Crippen molar-refractivity contribution in [1.82, 2.24) is 20.1 Å². The van der Waals surface area contributed by atoms with E-state index in [0.717, 1.165) is 24.7 Å². The van der Waals surface area contributed by atoms with Gasteiger partial charge in [-0.25, -0.2) is 0 Å². The standard InChI is InChI=1S/C15H26N4/c1-16-8-13-4-5-15(17-9-13)12-19(3)11-14-6-7-18(2)10-14/h4-5,9,14,16H,6-8,10-12H2,1-3H3. The number of likely N-dealkylation sites (tertiary alicyclic amines) is 1. The van der Waals surface area contributed by atoms with E-state index in [1.54, 1.807) is 0 Å². The average molecular weight is 262 g/mol. The van der Waals surface area contributed by atoms with Crippen molar-refractivity contribution in [3.8, 4) is 0 Å². The molecule has 0 saturated carbocycles. The average Bonchev–Trinajstić information content (AvgIpc) is 2.77. The van der Waals surface area contributed by atoms with Crippen molar-refractivity contribution in [3.05, 3.63) is 29.6 Å². The van der Waals surface area contributed by atoms with Crippen molar-refractivity contribution >= 4 is 0 Å². The lowest BCUT2D eigenvalue weighted by Crippen LogP contribution is -2.27. The van der Waals surface area contributed by atoms with Gasteiger partial charge in [-0.15, -0.1) is 0 Å². The zero-order chi connectivity index (χ0) is 13.7. The zero-order valence-corrected chi connectivity index (χ0v) is 12.4. The third-order valence-corrected chi connectivity index (χ3v) is 3.76. The maximum Gasteiger partial charge on any atom is 0.0544 e. The second kappa shape index (κ2) is 6.98. The molecule has 1 saturated heterocycles. The first kappa shape index (κ1) is 14.4. The van der Waals surface area contributed by atoms with Gasteiger partial charge in [-0.2, -0.15) is 0 Å². The SMILES string of the molecule is CNCc1ccc(CN(C)CC2CCN(C)C2)nc1. The molecule has 1 aromatic heterocycles. The van der Waals surface area contributed by atoms with Gasteiger partial charge in [0.25, 0.3) is 0 Å². The molecule has 2 rings (SSSR count). The highest BCUT2D eigenvalue weighted by atomic mass is 15.1. The first-order chi connectivity index (χ1) is 9.17. The predicted molar refractivity (Wildman–Crippen MR) is 78.9 cm³/mol. The van der Waals surface area contributed by atoms with Crippen LogP contribution in [0.3, 0.4) is 0 Å². The van der Waals surface area contributed by atoms with Gasteiger partial charge in [0.15, 0.2) is 0 Å². The normalized spacial score (nSPS) is 20.3. The molecule has 106 valence electrons. The Bertz CT molecular complexity index is 376. The summed E-state index contributed by atoms with van der Waals surface area (Å²) in [5.74, 6) is 0.818. The molecule has 1 fully saturated rings. The third kappa shape index (κ3) is 4.56. The van der Waals surface area contributed by atoms with Gasteiger partial charge < -0.3 is 15.1 Å². The molecule has 0 bridgehead atoms. The van der Waals surface area contributed by atoms with Crippen LogP contribution >= 0.6 is 0 Å². The van der Waals surface area contributed by atoms with E-state index < -0.39 is 0 Å². The molecule has 1 aliphatic rings. The Hall–Kier alpha value is -0.970. The Labute approximate surface area is 116 Å². The molecule has 0 aromatic carbocycles. The lowest BCUT2D eigenvalue weighted by molar-refractivity contribution is 0.265. The molecule has 1 N–H and O–H groups in total. The minimum Gasteiger partial charge on any atom is -0.316 e. The van der Waals surface area contributed by atoms with Crippen LogP contribution in [0.15, 0.2) is 18.3 Å². The fourth-order valence-corrected chi connectivity index (χ4v) is 2.81. The fraction of sp³-hybridized carbons (Fsp3) is 0.667. The Morgan fingerprint density at radius 3 is 2.89 bits per heavy atom. The highest BCUT2D eigenvalue weighted by Crippen LogP contribution is 2.15. The number of hydrogen-bond acceptors (Lipinski definition) is 4. The third-order valence-electron chi connectivity index (χ3n) is 3.76. The summed E-state index contributed by atoms with van der Waals surface area (Å²) in [7, 11) is 6.36. The second-order valence-corrected chi connectivity index (χ2v) is 5.80. The van der Waals surface area contributed by atoms with Crippen molar-refractivity contribution < 1.29 is 0 Å². The Balaban J connectivity index is 1.79. The summed E-state index contributed by atoms with van der Waals surface area (Å²) < 4.78 is 0. The van der Waals surface area contributed by atoms with E-state index in [0.29, 0.717) is 0 Å². The smallest absolute Gasteiger partial charge is 0.0544 e. The summed E-state index contributed by atoms with van der Waals surface area (Å²) in [6, 6.07) is 4.31. The minimum atomic E-state index is 0.818. The van der Waals surface area contributed by atoms with E-state index in [2.05, 4.69) is 46.3 Å². The zero-order valence-electron chi connectivity index (χ0n) is 12.4. The van der Waals surface area contributed by atoms with Crippen molar-refractivity contribution in [2.75, 3.05) is 40.8 Å². The van der Waals surface area contributed by atoms with Gasteiger partial charge in [-0.1, -0.05) is 6.07 Å². The van der Waals surface area contributed by atoms with E-state index in [4.69, 9.17) is 0 Å². The molecule has 0 spiro atoms. The molecule has 0 aliphatic carbocycles. The van der Waals surface area contributed by atoms with Crippen LogP contribution < -0.4 is 5.32 Å². The van der Waals surface area contributed by atoms with E-state index >= 15 is 0 Å². The van der Waals surface area contributed by atoms with Gasteiger partial charge in [-0.05, 0) is 51.7 Å². The van der Waals surface area contributed by atoms with Gasteiger partial charge in [0.1, 0.15) is 0 Å². The summed E-state index contributed by atoms with van der Waals surface area (Å²) in [4.78, 5) is 9.35. The van der Waals surface area contributed by atoms with Gasteiger partial charge in [0.2, 0.25) is 0 Å².